The number of piperidine rings is 1. The first-order chi connectivity index (χ1) is 9.48. The van der Waals surface area contributed by atoms with E-state index in [-0.39, 0.29) is 15.6 Å². The van der Waals surface area contributed by atoms with Crippen molar-refractivity contribution >= 4 is 40.6 Å². The van der Waals surface area contributed by atoms with Crippen molar-refractivity contribution in [3.8, 4) is 0 Å². The molecule has 2 rings (SSSR count). The number of hydrogen-bond donors (Lipinski definition) is 1. The van der Waals surface area contributed by atoms with Crippen molar-refractivity contribution in [2.75, 3.05) is 19.3 Å². The maximum atomic E-state index is 13.9. The van der Waals surface area contributed by atoms with Gasteiger partial charge in [0.2, 0.25) is 0 Å². The van der Waals surface area contributed by atoms with Gasteiger partial charge < -0.3 is 5.73 Å². The first kappa shape index (κ1) is 16.0. The summed E-state index contributed by atoms with van der Waals surface area (Å²) in [5.74, 6) is -0.315. The second-order valence-electron chi connectivity index (χ2n) is 5.05. The van der Waals surface area contributed by atoms with Gasteiger partial charge in [-0.2, -0.15) is 11.8 Å². The van der Waals surface area contributed by atoms with Crippen LogP contribution >= 0.6 is 35.6 Å². The van der Waals surface area contributed by atoms with Crippen LogP contribution < -0.4 is 5.73 Å². The van der Waals surface area contributed by atoms with Gasteiger partial charge in [-0.1, -0.05) is 36.0 Å². The molecule has 0 radical (unpaired) electrons. The zero-order valence-electron chi connectivity index (χ0n) is 11.4. The van der Waals surface area contributed by atoms with Gasteiger partial charge in [0.1, 0.15) is 5.82 Å². The van der Waals surface area contributed by atoms with Crippen LogP contribution in [0.5, 0.6) is 0 Å². The Balaban J connectivity index is 2.01. The van der Waals surface area contributed by atoms with E-state index in [9.17, 15) is 4.39 Å². The highest BCUT2D eigenvalue weighted by Crippen LogP contribution is 2.35. The van der Waals surface area contributed by atoms with Crippen molar-refractivity contribution < 1.29 is 4.39 Å². The molecule has 0 aromatic heterocycles. The molecule has 0 bridgehead atoms. The lowest BCUT2D eigenvalue weighted by atomic mass is 9.95. The Bertz CT molecular complexity index is 502. The van der Waals surface area contributed by atoms with Gasteiger partial charge in [0, 0.05) is 25.2 Å². The molecule has 1 aromatic carbocycles. The smallest absolute Gasteiger partial charge is 0.146 e. The normalized spacial score (nSPS) is 18.9. The summed E-state index contributed by atoms with van der Waals surface area (Å²) in [5.41, 5.74) is 6.51. The number of nitrogens with two attached hydrogens (primary N) is 1. The maximum absolute atomic E-state index is 13.9. The summed E-state index contributed by atoms with van der Waals surface area (Å²) in [5, 5.41) is 0.182. The Morgan fingerprint density at radius 2 is 2.15 bits per heavy atom. The van der Waals surface area contributed by atoms with E-state index >= 15 is 0 Å². The third-order valence-corrected chi connectivity index (χ3v) is 6.15. The van der Waals surface area contributed by atoms with Gasteiger partial charge >= 0.3 is 0 Å². The topological polar surface area (TPSA) is 29.3 Å². The second-order valence-corrected chi connectivity index (χ2v) is 7.09. The number of benzene rings is 1. The van der Waals surface area contributed by atoms with Crippen LogP contribution in [0.2, 0.25) is 5.02 Å². The molecule has 1 aromatic rings. The highest BCUT2D eigenvalue weighted by molar-refractivity contribution is 8.02. The van der Waals surface area contributed by atoms with Gasteiger partial charge in [-0.05, 0) is 25.2 Å². The molecule has 1 heterocycles. The molecule has 2 nitrogen and oxygen atoms in total. The Morgan fingerprint density at radius 1 is 1.50 bits per heavy atom. The molecule has 1 fully saturated rings. The summed E-state index contributed by atoms with van der Waals surface area (Å²) in [4.78, 5) is 2.81. The fourth-order valence-corrected chi connectivity index (χ4v) is 3.98. The Labute approximate surface area is 133 Å². The summed E-state index contributed by atoms with van der Waals surface area (Å²) in [7, 11) is 0. The minimum Gasteiger partial charge on any atom is -0.392 e. The Morgan fingerprint density at radius 3 is 2.70 bits per heavy atom. The quantitative estimate of drug-likeness (QED) is 0.855. The van der Waals surface area contributed by atoms with Crippen molar-refractivity contribution in [2.45, 2.75) is 24.1 Å². The molecule has 0 atom stereocenters. The Kier molecular flexibility index (Phi) is 5.29. The van der Waals surface area contributed by atoms with Gasteiger partial charge in [-0.25, -0.2) is 4.39 Å². The summed E-state index contributed by atoms with van der Waals surface area (Å²) < 4.78 is 13.8. The van der Waals surface area contributed by atoms with Crippen LogP contribution in [0.15, 0.2) is 18.2 Å². The summed E-state index contributed by atoms with van der Waals surface area (Å²) >= 11 is 12.7. The van der Waals surface area contributed by atoms with E-state index in [4.69, 9.17) is 29.6 Å². The van der Waals surface area contributed by atoms with Crippen LogP contribution in [0, 0.1) is 5.82 Å². The number of thioether (sulfide) groups is 1. The third kappa shape index (κ3) is 3.27. The van der Waals surface area contributed by atoms with Gasteiger partial charge in [-0.15, -0.1) is 0 Å². The largest absolute Gasteiger partial charge is 0.392 e. The molecule has 1 saturated heterocycles. The van der Waals surface area contributed by atoms with E-state index in [0.29, 0.717) is 17.1 Å². The highest BCUT2D eigenvalue weighted by atomic mass is 35.5. The average Bonchev–Trinajstić information content (AvgIpc) is 2.44. The zero-order valence-corrected chi connectivity index (χ0v) is 13.8. The molecule has 2 N–H and O–H groups in total. The van der Waals surface area contributed by atoms with E-state index < -0.39 is 0 Å². The standard InChI is InChI=1S/C14H18ClFN2S2/c1-20-14(13(17)19)5-7-18(8-6-14)9-10-3-2-4-11(15)12(10)16/h2-4H,5-9H2,1H3,(H2,17,19). The van der Waals surface area contributed by atoms with Gasteiger partial charge in [0.05, 0.1) is 14.8 Å². The number of nitrogens with zero attached hydrogens (tertiary/aromatic N) is 1. The third-order valence-electron chi connectivity index (χ3n) is 3.93. The number of halogens is 2. The van der Waals surface area contributed by atoms with Crippen LogP contribution in [0.3, 0.4) is 0 Å². The van der Waals surface area contributed by atoms with E-state index in [0.717, 1.165) is 25.9 Å². The molecule has 1 aliphatic heterocycles. The minimum absolute atomic E-state index is 0.0985. The summed E-state index contributed by atoms with van der Waals surface area (Å²) in [6, 6.07) is 5.14. The molecule has 0 unspecified atom stereocenters. The molecule has 0 aliphatic carbocycles. The number of hydrogen-bond acceptors (Lipinski definition) is 3. The SMILES string of the molecule is CSC1(C(N)=S)CCN(Cc2cccc(Cl)c2F)CC1. The van der Waals surface area contributed by atoms with Crippen molar-refractivity contribution in [3.05, 3.63) is 34.6 Å². The average molecular weight is 333 g/mol. The van der Waals surface area contributed by atoms with E-state index in [1.54, 1.807) is 30.0 Å². The van der Waals surface area contributed by atoms with E-state index in [1.165, 1.54) is 0 Å². The predicted octanol–water partition coefficient (Wildman–Crippen LogP) is 3.46. The van der Waals surface area contributed by atoms with Crippen molar-refractivity contribution in [1.29, 1.82) is 0 Å². The van der Waals surface area contributed by atoms with E-state index in [1.807, 2.05) is 6.26 Å². The van der Waals surface area contributed by atoms with Crippen molar-refractivity contribution in [2.24, 2.45) is 5.73 Å². The van der Waals surface area contributed by atoms with Crippen LogP contribution in [0.1, 0.15) is 18.4 Å². The maximum Gasteiger partial charge on any atom is 0.146 e. The number of thiocarbonyl (C=S) groups is 1. The second kappa shape index (κ2) is 6.60. The van der Waals surface area contributed by atoms with E-state index in [2.05, 4.69) is 4.90 Å². The van der Waals surface area contributed by atoms with Crippen LogP contribution in [-0.2, 0) is 6.54 Å². The molecule has 20 heavy (non-hydrogen) atoms. The lowest BCUT2D eigenvalue weighted by molar-refractivity contribution is 0.210. The van der Waals surface area contributed by atoms with Gasteiger partial charge in [0.15, 0.2) is 0 Å². The monoisotopic (exact) mass is 332 g/mol. The molecule has 1 aliphatic rings. The first-order valence-corrected chi connectivity index (χ1v) is 8.50. The predicted molar refractivity (Wildman–Crippen MR) is 89.0 cm³/mol. The summed E-state index contributed by atoms with van der Waals surface area (Å²) in [6.45, 7) is 2.31. The van der Waals surface area contributed by atoms with Crippen LogP contribution in [0.4, 0.5) is 4.39 Å². The molecule has 6 heteroatoms. The minimum atomic E-state index is -0.315. The number of rotatable bonds is 4. The fraction of sp³-hybridized carbons (Fsp3) is 0.500. The van der Waals surface area contributed by atoms with Crippen molar-refractivity contribution in [1.82, 2.24) is 4.90 Å². The fourth-order valence-electron chi connectivity index (χ4n) is 2.53. The van der Waals surface area contributed by atoms with Crippen molar-refractivity contribution in [3.63, 3.8) is 0 Å². The van der Waals surface area contributed by atoms with Gasteiger partial charge in [-0.3, -0.25) is 4.90 Å². The molecular formula is C14H18ClFN2S2. The first-order valence-electron chi connectivity index (χ1n) is 6.49. The van der Waals surface area contributed by atoms with Crippen LogP contribution in [-0.4, -0.2) is 34.0 Å². The zero-order chi connectivity index (χ0) is 14.8. The summed E-state index contributed by atoms with van der Waals surface area (Å²) in [6.07, 6.45) is 3.86. The molecular weight excluding hydrogens is 315 g/mol. The molecule has 0 saturated carbocycles. The molecule has 0 amide bonds. The number of likely N-dealkylation sites (tertiary alicyclic amines) is 1. The highest BCUT2D eigenvalue weighted by Gasteiger charge is 2.36. The van der Waals surface area contributed by atoms with Crippen LogP contribution in [0.25, 0.3) is 0 Å². The lowest BCUT2D eigenvalue weighted by Gasteiger charge is -2.40. The lowest BCUT2D eigenvalue weighted by Crippen LogP contribution is -2.49. The van der Waals surface area contributed by atoms with Gasteiger partial charge in [0.25, 0.3) is 0 Å². The molecule has 110 valence electrons. The molecule has 0 spiro atoms. The Hall–Kier alpha value is -0.360.